The highest BCUT2D eigenvalue weighted by Crippen LogP contribution is 2.35. The minimum atomic E-state index is -0.582. The molecule has 1 aliphatic carbocycles. The number of piperazine rings is 1. The summed E-state index contributed by atoms with van der Waals surface area (Å²) in [5.74, 6) is 0.375. The lowest BCUT2D eigenvalue weighted by Gasteiger charge is -2.42. The second-order valence-corrected chi connectivity index (χ2v) is 10.4. The molecule has 1 aromatic rings. The van der Waals surface area contributed by atoms with E-state index in [9.17, 15) is 5.11 Å². The Morgan fingerprint density at radius 1 is 0.900 bits per heavy atom. The molecule has 3 rings (SSSR count). The lowest BCUT2D eigenvalue weighted by Crippen LogP contribution is -2.51. The number of aryl methyl sites for hydroxylation is 2. The first-order valence-corrected chi connectivity index (χ1v) is 12.7. The third kappa shape index (κ3) is 7.07. The monoisotopic (exact) mass is 414 g/mol. The van der Waals surface area contributed by atoms with Crippen LogP contribution in [-0.2, 0) is 6.42 Å². The van der Waals surface area contributed by atoms with Crippen LogP contribution in [0.4, 0.5) is 0 Å². The standard InChI is InChI=1S/C27H46N2O/c1-23-13-14-24(2)25(20-23)21-27(30)15-11-9-7-5-4-6-8-10-12-26(27)22-29-18-16-28(3)17-19-29/h13-14,20,26,30H,4-12,15-19,21-22H2,1-3H3. The lowest BCUT2D eigenvalue weighted by atomic mass is 9.74. The van der Waals surface area contributed by atoms with Gasteiger partial charge in [-0.25, -0.2) is 0 Å². The second kappa shape index (κ2) is 11.6. The number of rotatable bonds is 4. The SMILES string of the molecule is Cc1ccc(C)c(CC2(O)CCCCCCCCCCC2CN2CCN(C)CC2)c1. The Bertz CT molecular complexity index is 638. The van der Waals surface area contributed by atoms with E-state index in [-0.39, 0.29) is 0 Å². The highest BCUT2D eigenvalue weighted by Gasteiger charge is 2.37. The molecule has 2 fully saturated rings. The molecule has 0 aromatic heterocycles. The quantitative estimate of drug-likeness (QED) is 0.719. The predicted octanol–water partition coefficient (Wildman–Crippen LogP) is 5.36. The fourth-order valence-electron chi connectivity index (χ4n) is 5.51. The number of likely N-dealkylation sites (N-methyl/N-ethyl adjacent to an activating group) is 1. The molecular weight excluding hydrogens is 368 g/mol. The van der Waals surface area contributed by atoms with Gasteiger partial charge in [0.25, 0.3) is 0 Å². The van der Waals surface area contributed by atoms with E-state index in [0.717, 1.165) is 45.6 Å². The van der Waals surface area contributed by atoms with Gasteiger partial charge in [0.1, 0.15) is 0 Å². The summed E-state index contributed by atoms with van der Waals surface area (Å²) in [7, 11) is 2.23. The number of hydrogen-bond acceptors (Lipinski definition) is 3. The van der Waals surface area contributed by atoms with Crippen molar-refractivity contribution in [1.82, 2.24) is 9.80 Å². The van der Waals surface area contributed by atoms with E-state index in [0.29, 0.717) is 5.92 Å². The highest BCUT2D eigenvalue weighted by atomic mass is 16.3. The van der Waals surface area contributed by atoms with Crippen LogP contribution < -0.4 is 0 Å². The van der Waals surface area contributed by atoms with E-state index < -0.39 is 5.60 Å². The summed E-state index contributed by atoms with van der Waals surface area (Å²) in [6, 6.07) is 6.75. The average Bonchev–Trinajstić information content (AvgIpc) is 2.71. The minimum absolute atomic E-state index is 0.375. The molecular formula is C27H46N2O. The molecule has 1 saturated carbocycles. The lowest BCUT2D eigenvalue weighted by molar-refractivity contribution is -0.0481. The van der Waals surface area contributed by atoms with E-state index >= 15 is 0 Å². The van der Waals surface area contributed by atoms with Gasteiger partial charge in [-0.15, -0.1) is 0 Å². The fourth-order valence-corrected chi connectivity index (χ4v) is 5.51. The van der Waals surface area contributed by atoms with E-state index in [2.05, 4.69) is 48.9 Å². The van der Waals surface area contributed by atoms with Crippen molar-refractivity contribution in [2.45, 2.75) is 90.1 Å². The normalized spacial score (nSPS) is 28.6. The first-order chi connectivity index (χ1) is 14.5. The van der Waals surface area contributed by atoms with Crippen LogP contribution in [0.15, 0.2) is 18.2 Å². The van der Waals surface area contributed by atoms with Gasteiger partial charge in [-0.3, -0.25) is 0 Å². The van der Waals surface area contributed by atoms with Gasteiger partial charge < -0.3 is 14.9 Å². The van der Waals surface area contributed by atoms with Crippen molar-refractivity contribution in [1.29, 1.82) is 0 Å². The topological polar surface area (TPSA) is 26.7 Å². The number of benzene rings is 1. The van der Waals surface area contributed by atoms with Crippen molar-refractivity contribution in [3.63, 3.8) is 0 Å². The maximum absolute atomic E-state index is 12.2. The molecule has 3 heteroatoms. The maximum Gasteiger partial charge on any atom is 0.0728 e. The highest BCUT2D eigenvalue weighted by molar-refractivity contribution is 5.32. The third-order valence-corrected chi connectivity index (χ3v) is 7.75. The van der Waals surface area contributed by atoms with Gasteiger partial charge >= 0.3 is 0 Å². The maximum atomic E-state index is 12.2. The molecule has 2 atom stereocenters. The summed E-state index contributed by atoms with van der Waals surface area (Å²) < 4.78 is 0. The summed E-state index contributed by atoms with van der Waals surface area (Å²) in [6.07, 6.45) is 13.5. The fraction of sp³-hybridized carbons (Fsp3) is 0.778. The molecule has 2 aliphatic rings. The van der Waals surface area contributed by atoms with Crippen LogP contribution in [0, 0.1) is 19.8 Å². The van der Waals surface area contributed by atoms with E-state index in [1.54, 1.807) is 0 Å². The molecule has 1 aliphatic heterocycles. The van der Waals surface area contributed by atoms with Crippen LogP contribution in [0.2, 0.25) is 0 Å². The van der Waals surface area contributed by atoms with Gasteiger partial charge in [-0.05, 0) is 44.9 Å². The van der Waals surface area contributed by atoms with E-state index in [1.165, 1.54) is 74.5 Å². The molecule has 0 amide bonds. The molecule has 1 N–H and O–H groups in total. The van der Waals surface area contributed by atoms with Crippen LogP contribution >= 0.6 is 0 Å². The van der Waals surface area contributed by atoms with Gasteiger partial charge in [0.05, 0.1) is 5.60 Å². The smallest absolute Gasteiger partial charge is 0.0728 e. The summed E-state index contributed by atoms with van der Waals surface area (Å²) in [4.78, 5) is 5.06. The van der Waals surface area contributed by atoms with Crippen LogP contribution in [0.1, 0.15) is 80.9 Å². The summed E-state index contributed by atoms with van der Waals surface area (Å²) in [5.41, 5.74) is 3.41. The third-order valence-electron chi connectivity index (χ3n) is 7.75. The molecule has 0 bridgehead atoms. The van der Waals surface area contributed by atoms with Crippen molar-refractivity contribution in [2.24, 2.45) is 5.92 Å². The molecule has 2 unspecified atom stereocenters. The van der Waals surface area contributed by atoms with Gasteiger partial charge in [-0.1, -0.05) is 75.1 Å². The van der Waals surface area contributed by atoms with E-state index in [4.69, 9.17) is 0 Å². The zero-order chi connectivity index (χ0) is 21.4. The summed E-state index contributed by atoms with van der Waals surface area (Å²) in [6.45, 7) is 10.1. The van der Waals surface area contributed by atoms with Gasteiger partial charge in [-0.2, -0.15) is 0 Å². The predicted molar refractivity (Wildman–Crippen MR) is 128 cm³/mol. The summed E-state index contributed by atoms with van der Waals surface area (Å²) in [5, 5.41) is 12.2. The Balaban J connectivity index is 1.80. The molecule has 170 valence electrons. The van der Waals surface area contributed by atoms with Crippen molar-refractivity contribution < 1.29 is 5.11 Å². The average molecular weight is 415 g/mol. The van der Waals surface area contributed by atoms with Gasteiger partial charge in [0.2, 0.25) is 0 Å². The number of hydrogen-bond donors (Lipinski definition) is 1. The van der Waals surface area contributed by atoms with Crippen molar-refractivity contribution in [2.75, 3.05) is 39.8 Å². The first kappa shape index (κ1) is 23.8. The Kier molecular flexibility index (Phi) is 9.22. The zero-order valence-corrected chi connectivity index (χ0v) is 20.0. The molecule has 0 spiro atoms. The molecule has 0 radical (unpaired) electrons. The zero-order valence-electron chi connectivity index (χ0n) is 20.0. The van der Waals surface area contributed by atoms with Crippen LogP contribution in [0.3, 0.4) is 0 Å². The van der Waals surface area contributed by atoms with Crippen molar-refractivity contribution in [3.8, 4) is 0 Å². The van der Waals surface area contributed by atoms with Crippen LogP contribution in [-0.4, -0.2) is 60.3 Å². The Morgan fingerprint density at radius 3 is 2.23 bits per heavy atom. The Hall–Kier alpha value is -0.900. The number of nitrogens with zero attached hydrogens (tertiary/aromatic N) is 2. The van der Waals surface area contributed by atoms with Gasteiger partial charge in [0.15, 0.2) is 0 Å². The molecule has 30 heavy (non-hydrogen) atoms. The largest absolute Gasteiger partial charge is 0.389 e. The second-order valence-electron chi connectivity index (χ2n) is 10.4. The van der Waals surface area contributed by atoms with Crippen LogP contribution in [0.5, 0.6) is 0 Å². The molecule has 1 saturated heterocycles. The number of aliphatic hydroxyl groups is 1. The Labute approximate surface area is 185 Å². The molecule has 1 heterocycles. The summed E-state index contributed by atoms with van der Waals surface area (Å²) >= 11 is 0. The van der Waals surface area contributed by atoms with Gasteiger partial charge in [0, 0.05) is 45.1 Å². The van der Waals surface area contributed by atoms with Crippen molar-refractivity contribution >= 4 is 0 Å². The molecule has 1 aromatic carbocycles. The minimum Gasteiger partial charge on any atom is -0.389 e. The van der Waals surface area contributed by atoms with E-state index in [1.807, 2.05) is 0 Å². The Morgan fingerprint density at radius 2 is 1.53 bits per heavy atom. The molecule has 3 nitrogen and oxygen atoms in total. The van der Waals surface area contributed by atoms with Crippen molar-refractivity contribution in [3.05, 3.63) is 34.9 Å². The van der Waals surface area contributed by atoms with Crippen LogP contribution in [0.25, 0.3) is 0 Å². The first-order valence-electron chi connectivity index (χ1n) is 12.7.